The predicted octanol–water partition coefficient (Wildman–Crippen LogP) is -0.582. The Bertz CT molecular complexity index is 607. The summed E-state index contributed by atoms with van der Waals surface area (Å²) >= 11 is 0. The lowest BCUT2D eigenvalue weighted by atomic mass is 10.2. The molecule has 1 unspecified atom stereocenters. The summed E-state index contributed by atoms with van der Waals surface area (Å²) in [5.74, 6) is -0.0103. The van der Waals surface area contributed by atoms with Gasteiger partial charge in [-0.2, -0.15) is 0 Å². The van der Waals surface area contributed by atoms with Gasteiger partial charge in [0.25, 0.3) is 0 Å². The molecule has 0 radical (unpaired) electrons. The van der Waals surface area contributed by atoms with Crippen LogP contribution in [0.4, 0.5) is 0 Å². The normalized spacial score (nSPS) is 19.6. The predicted molar refractivity (Wildman–Crippen MR) is 67.1 cm³/mol. The van der Waals surface area contributed by atoms with Crippen molar-refractivity contribution >= 4 is 17.0 Å². The van der Waals surface area contributed by atoms with Crippen molar-refractivity contribution in [3.63, 3.8) is 0 Å². The monoisotopic (exact) mass is 246 g/mol. The van der Waals surface area contributed by atoms with Gasteiger partial charge in [0.05, 0.1) is 12.6 Å². The molecule has 7 heteroatoms. The Hall–Kier alpha value is -2.15. The topological polar surface area (TPSA) is 104 Å². The molecule has 94 valence electrons. The largest absolute Gasteiger partial charge is 0.391 e. The van der Waals surface area contributed by atoms with E-state index in [0.717, 1.165) is 18.5 Å². The standard InChI is InChI=1S/C11H14N6O/c12-10(13)8-1-3-14-11-9(8)17(6-15-11)16-4-2-7(18)5-16/h1,3,6-7,18H,2,4-5H2,(H3,12,13). The number of rotatable bonds is 2. The first-order chi connectivity index (χ1) is 8.66. The molecule has 3 heterocycles. The molecule has 0 saturated carbocycles. The van der Waals surface area contributed by atoms with Gasteiger partial charge in [0.15, 0.2) is 5.65 Å². The van der Waals surface area contributed by atoms with Crippen LogP contribution in [0.1, 0.15) is 12.0 Å². The summed E-state index contributed by atoms with van der Waals surface area (Å²) in [6, 6.07) is 1.70. The molecule has 2 aromatic rings. The van der Waals surface area contributed by atoms with Crippen molar-refractivity contribution in [3.05, 3.63) is 24.2 Å². The summed E-state index contributed by atoms with van der Waals surface area (Å²) in [4.78, 5) is 8.37. The van der Waals surface area contributed by atoms with Crippen LogP contribution in [0.25, 0.3) is 11.2 Å². The molecule has 0 spiro atoms. The number of nitrogens with two attached hydrogens (primary N) is 1. The number of nitrogens with one attached hydrogen (secondary N) is 1. The van der Waals surface area contributed by atoms with Crippen molar-refractivity contribution in [1.82, 2.24) is 14.6 Å². The van der Waals surface area contributed by atoms with Crippen LogP contribution in [0.2, 0.25) is 0 Å². The molecule has 1 aliphatic rings. The lowest BCUT2D eigenvalue weighted by molar-refractivity contribution is 0.196. The summed E-state index contributed by atoms with van der Waals surface area (Å²) in [6.07, 6.45) is 3.66. The van der Waals surface area contributed by atoms with E-state index in [-0.39, 0.29) is 11.9 Å². The second-order valence-corrected chi connectivity index (χ2v) is 4.39. The maximum atomic E-state index is 9.59. The number of hydrogen-bond donors (Lipinski definition) is 3. The van der Waals surface area contributed by atoms with Gasteiger partial charge in [0.2, 0.25) is 0 Å². The number of pyridine rings is 1. The minimum Gasteiger partial charge on any atom is -0.391 e. The first-order valence-electron chi connectivity index (χ1n) is 5.76. The Morgan fingerprint density at radius 1 is 1.50 bits per heavy atom. The fourth-order valence-corrected chi connectivity index (χ4v) is 2.28. The van der Waals surface area contributed by atoms with Crippen molar-refractivity contribution in [2.75, 3.05) is 18.1 Å². The van der Waals surface area contributed by atoms with Gasteiger partial charge in [-0.15, -0.1) is 0 Å². The highest BCUT2D eigenvalue weighted by molar-refractivity contribution is 6.04. The number of β-amino-alcohol motifs (C(OH)–C–C–N with tert-alkyl or cyclic N) is 1. The third kappa shape index (κ3) is 1.60. The quantitative estimate of drug-likeness (QED) is 0.485. The third-order valence-corrected chi connectivity index (χ3v) is 3.16. The van der Waals surface area contributed by atoms with Gasteiger partial charge in [-0.3, -0.25) is 5.41 Å². The Balaban J connectivity index is 2.15. The van der Waals surface area contributed by atoms with E-state index in [4.69, 9.17) is 11.1 Å². The van der Waals surface area contributed by atoms with Crippen LogP contribution in [0.3, 0.4) is 0 Å². The lowest BCUT2D eigenvalue weighted by Gasteiger charge is -2.20. The van der Waals surface area contributed by atoms with Crippen molar-refractivity contribution in [2.24, 2.45) is 5.73 Å². The number of aliphatic hydroxyl groups is 1. The first-order valence-corrected chi connectivity index (χ1v) is 5.76. The molecule has 0 aliphatic carbocycles. The molecule has 1 aliphatic heterocycles. The van der Waals surface area contributed by atoms with E-state index in [1.165, 1.54) is 0 Å². The zero-order valence-corrected chi connectivity index (χ0v) is 9.74. The summed E-state index contributed by atoms with van der Waals surface area (Å²) in [6.45, 7) is 1.30. The van der Waals surface area contributed by atoms with Crippen molar-refractivity contribution in [3.8, 4) is 0 Å². The smallest absolute Gasteiger partial charge is 0.180 e. The molecule has 1 fully saturated rings. The van der Waals surface area contributed by atoms with E-state index >= 15 is 0 Å². The minimum absolute atomic E-state index is 0.0103. The van der Waals surface area contributed by atoms with Crippen LogP contribution < -0.4 is 10.7 Å². The van der Waals surface area contributed by atoms with Crippen LogP contribution >= 0.6 is 0 Å². The van der Waals surface area contributed by atoms with Crippen LogP contribution in [0, 0.1) is 5.41 Å². The number of fused-ring (bicyclic) bond motifs is 1. The van der Waals surface area contributed by atoms with Crippen molar-refractivity contribution in [2.45, 2.75) is 12.5 Å². The zero-order valence-electron chi connectivity index (χ0n) is 9.74. The molecule has 0 aromatic carbocycles. The van der Waals surface area contributed by atoms with E-state index in [0.29, 0.717) is 17.8 Å². The number of nitrogens with zero attached hydrogens (tertiary/aromatic N) is 4. The Morgan fingerprint density at radius 2 is 2.33 bits per heavy atom. The minimum atomic E-state index is -0.320. The van der Waals surface area contributed by atoms with Gasteiger partial charge in [0, 0.05) is 18.3 Å². The average molecular weight is 246 g/mol. The summed E-state index contributed by atoms with van der Waals surface area (Å²) in [5, 5.41) is 19.2. The average Bonchev–Trinajstić information content (AvgIpc) is 2.94. The number of hydrogen-bond acceptors (Lipinski definition) is 5. The lowest BCUT2D eigenvalue weighted by Crippen LogP contribution is -2.33. The molecular weight excluding hydrogens is 232 g/mol. The summed E-state index contributed by atoms with van der Waals surface area (Å²) in [7, 11) is 0. The van der Waals surface area contributed by atoms with E-state index in [1.807, 2.05) is 9.69 Å². The third-order valence-electron chi connectivity index (χ3n) is 3.16. The molecule has 18 heavy (non-hydrogen) atoms. The molecule has 0 bridgehead atoms. The van der Waals surface area contributed by atoms with E-state index < -0.39 is 0 Å². The summed E-state index contributed by atoms with van der Waals surface area (Å²) < 4.78 is 1.83. The maximum Gasteiger partial charge on any atom is 0.180 e. The second kappa shape index (κ2) is 3.95. The number of nitrogen functional groups attached to an aromatic ring is 1. The van der Waals surface area contributed by atoms with Gasteiger partial charge < -0.3 is 15.8 Å². The van der Waals surface area contributed by atoms with Gasteiger partial charge in [-0.25, -0.2) is 14.6 Å². The second-order valence-electron chi connectivity index (χ2n) is 4.39. The van der Waals surface area contributed by atoms with Crippen LogP contribution in [-0.2, 0) is 0 Å². The fourth-order valence-electron chi connectivity index (χ4n) is 2.28. The zero-order chi connectivity index (χ0) is 12.7. The number of imidazole rings is 1. The molecule has 1 saturated heterocycles. The number of amidine groups is 1. The van der Waals surface area contributed by atoms with Gasteiger partial charge in [-0.1, -0.05) is 0 Å². The molecule has 3 rings (SSSR count). The summed E-state index contributed by atoms with van der Waals surface area (Å²) in [5.41, 5.74) is 7.47. The number of aliphatic hydroxyl groups excluding tert-OH is 1. The van der Waals surface area contributed by atoms with Gasteiger partial charge in [0.1, 0.15) is 17.7 Å². The maximum absolute atomic E-state index is 9.59. The Morgan fingerprint density at radius 3 is 3.00 bits per heavy atom. The number of aromatic nitrogens is 3. The Kier molecular flexibility index (Phi) is 2.41. The van der Waals surface area contributed by atoms with E-state index in [9.17, 15) is 5.11 Å². The van der Waals surface area contributed by atoms with E-state index in [2.05, 4.69) is 9.97 Å². The van der Waals surface area contributed by atoms with Crippen LogP contribution in [0.5, 0.6) is 0 Å². The first kappa shape index (κ1) is 11.0. The molecule has 2 aromatic heterocycles. The Labute approximate surface area is 103 Å². The fraction of sp³-hybridized carbons (Fsp3) is 0.364. The SMILES string of the molecule is N=C(N)c1ccnc2ncn(N3CCC(O)C3)c12. The van der Waals surface area contributed by atoms with Crippen LogP contribution in [0.15, 0.2) is 18.6 Å². The van der Waals surface area contributed by atoms with Gasteiger partial charge in [-0.05, 0) is 12.5 Å². The molecule has 7 nitrogen and oxygen atoms in total. The molecular formula is C11H14N6O. The van der Waals surface area contributed by atoms with Crippen LogP contribution in [-0.4, -0.2) is 44.8 Å². The highest BCUT2D eigenvalue weighted by Gasteiger charge is 2.23. The molecule has 4 N–H and O–H groups in total. The van der Waals surface area contributed by atoms with Crippen molar-refractivity contribution in [1.29, 1.82) is 5.41 Å². The van der Waals surface area contributed by atoms with Crippen molar-refractivity contribution < 1.29 is 5.11 Å². The highest BCUT2D eigenvalue weighted by Crippen LogP contribution is 2.18. The molecule has 0 amide bonds. The van der Waals surface area contributed by atoms with Gasteiger partial charge >= 0.3 is 0 Å². The molecule has 1 atom stereocenters. The van der Waals surface area contributed by atoms with E-state index in [1.54, 1.807) is 18.6 Å². The highest BCUT2D eigenvalue weighted by atomic mass is 16.3.